The molecule has 6 rings (SSSR count). The molecule has 0 amide bonds. The van der Waals surface area contributed by atoms with Gasteiger partial charge in [-0.2, -0.15) is 0 Å². The molecule has 0 spiro atoms. The van der Waals surface area contributed by atoms with Gasteiger partial charge in [0.2, 0.25) is 0 Å². The Hall–Kier alpha value is -1.98. The first-order valence-corrected chi connectivity index (χ1v) is 21.3. The van der Waals surface area contributed by atoms with Gasteiger partial charge in [0, 0.05) is 0 Å². The molecule has 0 bridgehead atoms. The van der Waals surface area contributed by atoms with Gasteiger partial charge in [-0.25, -0.2) is 0 Å². The molecule has 3 aromatic rings. The fourth-order valence-electron chi connectivity index (χ4n) is 8.31. The number of rotatable bonds is 9. The van der Waals surface area contributed by atoms with Crippen LogP contribution in [-0.4, -0.2) is 0 Å². The van der Waals surface area contributed by atoms with Gasteiger partial charge in [-0.3, -0.25) is 0 Å². The molecule has 190 valence electrons. The molecule has 0 saturated carbocycles. The summed E-state index contributed by atoms with van der Waals surface area (Å²) in [5.74, 6) is 1.01. The summed E-state index contributed by atoms with van der Waals surface area (Å²) in [6, 6.07) is 27.4. The van der Waals surface area contributed by atoms with Crippen LogP contribution in [-0.2, 0) is 20.3 Å². The van der Waals surface area contributed by atoms with Crippen LogP contribution in [0.4, 0.5) is 0 Å². The molecule has 3 aromatic carbocycles. The summed E-state index contributed by atoms with van der Waals surface area (Å²) in [4.78, 5) is 0. The Balaban J connectivity index is 1.50. The third kappa shape index (κ3) is 4.21. The zero-order valence-corrected chi connectivity index (χ0v) is 25.6. The number of allylic oxidation sites excluding steroid dienone is 2. The van der Waals surface area contributed by atoms with Gasteiger partial charge >= 0.3 is 230 Å². The Morgan fingerprint density at radius 3 is 2.35 bits per heavy atom. The molecule has 1 heterocycles. The van der Waals surface area contributed by atoms with Crippen molar-refractivity contribution in [3.8, 4) is 11.1 Å². The van der Waals surface area contributed by atoms with Gasteiger partial charge < -0.3 is 0 Å². The van der Waals surface area contributed by atoms with E-state index in [1.165, 1.54) is 45.6 Å². The van der Waals surface area contributed by atoms with E-state index >= 15 is 0 Å². The summed E-state index contributed by atoms with van der Waals surface area (Å²) in [5.41, 5.74) is 10.7. The van der Waals surface area contributed by atoms with Crippen LogP contribution in [0.15, 0.2) is 84.4 Å². The van der Waals surface area contributed by atoms with Crippen molar-refractivity contribution in [2.75, 3.05) is 0 Å². The molecule has 1 fully saturated rings. The summed E-state index contributed by atoms with van der Waals surface area (Å²) in [6.45, 7) is 9.96. The zero-order valence-electron chi connectivity index (χ0n) is 23.1. The van der Waals surface area contributed by atoms with Crippen molar-refractivity contribution in [2.45, 2.75) is 74.8 Å². The molecule has 0 aromatic heterocycles. The van der Waals surface area contributed by atoms with Crippen molar-refractivity contribution in [3.05, 3.63) is 107 Å². The first-order chi connectivity index (χ1) is 18.0. The molecule has 5 unspecified atom stereocenters. The quantitative estimate of drug-likeness (QED) is 0.242. The predicted octanol–water partition coefficient (Wildman–Crippen LogP) is 11.1. The van der Waals surface area contributed by atoms with Crippen molar-refractivity contribution < 1.29 is 20.3 Å². The van der Waals surface area contributed by atoms with E-state index in [9.17, 15) is 0 Å². The van der Waals surface area contributed by atoms with Gasteiger partial charge in [-0.05, 0) is 0 Å². The minimum atomic E-state index is -2.19. The second-order valence-corrected chi connectivity index (χ2v) is 24.5. The third-order valence-corrected chi connectivity index (χ3v) is 24.8. The van der Waals surface area contributed by atoms with E-state index in [-0.39, 0.29) is 5.41 Å². The maximum atomic E-state index is 2.63. The maximum absolute atomic E-state index is 2.63. The van der Waals surface area contributed by atoms with Crippen LogP contribution >= 0.6 is 0 Å². The average molecular weight is 566 g/mol. The molecule has 37 heavy (non-hydrogen) atoms. The number of hydrogen-bond donors (Lipinski definition) is 0. The Bertz CT molecular complexity index is 1350. The second kappa shape index (κ2) is 9.96. The molecule has 1 heteroatoms. The molecule has 3 aliphatic rings. The van der Waals surface area contributed by atoms with E-state index in [4.69, 9.17) is 0 Å². The fraction of sp³-hybridized carbons (Fsp3) is 0.389. The van der Waals surface area contributed by atoms with Gasteiger partial charge in [0.15, 0.2) is 0 Å². The van der Waals surface area contributed by atoms with Crippen LogP contribution in [0.2, 0.25) is 16.0 Å². The Morgan fingerprint density at radius 1 is 0.892 bits per heavy atom. The average Bonchev–Trinajstić information content (AvgIpc) is 3.22. The summed E-state index contributed by atoms with van der Waals surface area (Å²) in [7, 11) is 0. The predicted molar refractivity (Wildman–Crippen MR) is 158 cm³/mol. The van der Waals surface area contributed by atoms with Crippen molar-refractivity contribution >= 4 is 12.2 Å². The molecule has 0 radical (unpaired) electrons. The van der Waals surface area contributed by atoms with Crippen molar-refractivity contribution in [2.24, 2.45) is 5.41 Å². The van der Waals surface area contributed by atoms with Crippen LogP contribution in [0.5, 0.6) is 0 Å². The molecule has 1 aliphatic heterocycles. The van der Waals surface area contributed by atoms with Gasteiger partial charge in [-0.1, -0.05) is 0 Å². The van der Waals surface area contributed by atoms with Gasteiger partial charge in [0.05, 0.1) is 0 Å². The van der Waals surface area contributed by atoms with Crippen LogP contribution in [0.25, 0.3) is 23.3 Å². The van der Waals surface area contributed by atoms with E-state index in [1.54, 1.807) is 25.0 Å². The van der Waals surface area contributed by atoms with Crippen LogP contribution < -0.4 is 0 Å². The molecule has 0 nitrogen and oxygen atoms in total. The fourth-order valence-corrected chi connectivity index (χ4v) is 26.1. The van der Waals surface area contributed by atoms with E-state index in [0.717, 1.165) is 3.63 Å². The normalized spacial score (nSPS) is 26.9. The summed E-state index contributed by atoms with van der Waals surface area (Å²) in [5, 5.41) is 0. The molecule has 2 aliphatic carbocycles. The molecular weight excluding hydrogens is 524 g/mol. The topological polar surface area (TPSA) is 0 Å². The van der Waals surface area contributed by atoms with Gasteiger partial charge in [0.25, 0.3) is 0 Å². The third-order valence-electron chi connectivity index (χ3n) is 10.3. The number of hydrogen-bond acceptors (Lipinski definition) is 0. The monoisotopic (exact) mass is 564 g/mol. The molecule has 5 atom stereocenters. The number of benzene rings is 3. The minimum absolute atomic E-state index is 0.263. The summed E-state index contributed by atoms with van der Waals surface area (Å²) < 4.78 is 5.79. The number of fused-ring (bicyclic) bond motifs is 2. The first-order valence-electron chi connectivity index (χ1n) is 14.7. The summed E-state index contributed by atoms with van der Waals surface area (Å²) in [6.07, 6.45) is 11.7. The standard InChI is InChI=1S/C29H27.C4H9.C3H6.Zr/c1-4-29(3,28-20(2)19-22-13-8-9-14-24(22)28)27-18-17-25-23(15-10-16-26(25)27)21-11-6-5-7-12-21;1-3-4-2;1-3-2;/h5-19,27-28H,3-4H2,1-2H3;1,3-4H2,2H3;3H,1H2,2H3;. The molecule has 1 saturated heterocycles. The van der Waals surface area contributed by atoms with Crippen LogP contribution in [0.3, 0.4) is 0 Å². The van der Waals surface area contributed by atoms with E-state index < -0.39 is 20.3 Å². The van der Waals surface area contributed by atoms with Crippen LogP contribution in [0.1, 0.15) is 81.0 Å². The van der Waals surface area contributed by atoms with Gasteiger partial charge in [0.1, 0.15) is 0 Å². The molecular formula is C36H42Zr. The van der Waals surface area contributed by atoms with E-state index in [0.29, 0.717) is 11.8 Å². The summed E-state index contributed by atoms with van der Waals surface area (Å²) >= 11 is -2.19. The van der Waals surface area contributed by atoms with Gasteiger partial charge in [-0.15, -0.1) is 0 Å². The van der Waals surface area contributed by atoms with Crippen molar-refractivity contribution in [1.82, 2.24) is 0 Å². The van der Waals surface area contributed by atoms with Crippen molar-refractivity contribution in [3.63, 3.8) is 0 Å². The zero-order chi connectivity index (χ0) is 25.6. The van der Waals surface area contributed by atoms with Crippen LogP contribution in [0, 0.1) is 5.41 Å². The Morgan fingerprint density at radius 2 is 1.62 bits per heavy atom. The Labute approximate surface area is 229 Å². The first kappa shape index (κ1) is 25.3. The number of unbranched alkanes of at least 4 members (excludes halogenated alkanes) is 1. The second-order valence-electron chi connectivity index (χ2n) is 12.3. The Kier molecular flexibility index (Phi) is 6.82. The van der Waals surface area contributed by atoms with E-state index in [1.807, 2.05) is 0 Å². The SMILES string of the molecule is CCC[CH2][Zr]1([CH2]C(CC)(C2C=Cc3c(-c4ccccc4)cccc32)C2C(C)=Cc3ccccc32)[CH2][CH]1C. The van der Waals surface area contributed by atoms with E-state index in [2.05, 4.69) is 119 Å². The van der Waals surface area contributed by atoms with Crippen molar-refractivity contribution in [1.29, 1.82) is 0 Å². The molecule has 0 N–H and O–H groups in total.